The Kier molecular flexibility index (Phi) is 10.1. The Hall–Kier alpha value is -1.76. The fourth-order valence-electron chi connectivity index (χ4n) is 4.23. The van der Waals surface area contributed by atoms with E-state index < -0.39 is 6.04 Å². The summed E-state index contributed by atoms with van der Waals surface area (Å²) in [6.07, 6.45) is 5.59. The van der Waals surface area contributed by atoms with Crippen LogP contribution in [0.15, 0.2) is 40.9 Å². The van der Waals surface area contributed by atoms with E-state index in [1.165, 1.54) is 5.56 Å². The van der Waals surface area contributed by atoms with Gasteiger partial charge < -0.3 is 15.0 Å². The number of carbonyl (C=O) groups excluding carboxylic acids is 2. The van der Waals surface area contributed by atoms with Gasteiger partial charge in [0.2, 0.25) is 5.91 Å². The fourth-order valence-corrected chi connectivity index (χ4v) is 5.09. The topological polar surface area (TPSA) is 58.6 Å². The van der Waals surface area contributed by atoms with Gasteiger partial charge in [-0.1, -0.05) is 62.0 Å². The summed E-state index contributed by atoms with van der Waals surface area (Å²) in [5, 5.41) is 3.99. The van der Waals surface area contributed by atoms with E-state index in [2.05, 4.69) is 28.2 Å². The third kappa shape index (κ3) is 7.12. The van der Waals surface area contributed by atoms with Gasteiger partial charge in [0.15, 0.2) is 6.61 Å². The van der Waals surface area contributed by atoms with Crippen LogP contribution in [0.3, 0.4) is 0 Å². The van der Waals surface area contributed by atoms with Crippen molar-refractivity contribution in [3.05, 3.63) is 62.0 Å². The van der Waals surface area contributed by atoms with Crippen LogP contribution in [0, 0.1) is 0 Å². The summed E-state index contributed by atoms with van der Waals surface area (Å²) in [6.45, 7) is 4.04. The molecule has 0 heterocycles. The molecular weight excluding hydrogens is 539 g/mol. The van der Waals surface area contributed by atoms with Gasteiger partial charge >= 0.3 is 0 Å². The molecular formula is C26H31BrCl2N2O3. The summed E-state index contributed by atoms with van der Waals surface area (Å²) in [7, 11) is 0. The summed E-state index contributed by atoms with van der Waals surface area (Å²) >= 11 is 15.8. The summed E-state index contributed by atoms with van der Waals surface area (Å²) in [5.74, 6) is 0.186. The zero-order valence-electron chi connectivity index (χ0n) is 19.6. The van der Waals surface area contributed by atoms with E-state index in [1.54, 1.807) is 17.0 Å². The molecule has 0 radical (unpaired) electrons. The van der Waals surface area contributed by atoms with Crippen LogP contribution in [0.4, 0.5) is 0 Å². The number of carbonyl (C=O) groups is 2. The second-order valence-corrected chi connectivity index (χ2v) is 10.3. The van der Waals surface area contributed by atoms with Gasteiger partial charge in [-0.2, -0.15) is 0 Å². The number of ether oxygens (including phenoxy) is 1. The van der Waals surface area contributed by atoms with Crippen molar-refractivity contribution in [3.63, 3.8) is 0 Å². The van der Waals surface area contributed by atoms with Crippen LogP contribution < -0.4 is 10.1 Å². The smallest absolute Gasteiger partial charge is 0.261 e. The molecule has 1 aliphatic carbocycles. The Morgan fingerprint density at radius 2 is 1.79 bits per heavy atom. The highest BCUT2D eigenvalue weighted by atomic mass is 79.9. The lowest BCUT2D eigenvalue weighted by molar-refractivity contribution is -0.143. The Labute approximate surface area is 220 Å². The first-order valence-electron chi connectivity index (χ1n) is 11.8. The van der Waals surface area contributed by atoms with Crippen molar-refractivity contribution in [1.82, 2.24) is 10.2 Å². The molecule has 0 aromatic heterocycles. The maximum atomic E-state index is 13.4. The first-order chi connectivity index (χ1) is 16.3. The lowest BCUT2D eigenvalue weighted by Crippen LogP contribution is -2.52. The molecule has 1 aliphatic rings. The van der Waals surface area contributed by atoms with E-state index in [4.69, 9.17) is 27.9 Å². The summed E-state index contributed by atoms with van der Waals surface area (Å²) < 4.78 is 6.64. The van der Waals surface area contributed by atoms with Gasteiger partial charge in [-0.25, -0.2) is 0 Å². The van der Waals surface area contributed by atoms with Crippen molar-refractivity contribution in [2.75, 3.05) is 6.61 Å². The molecule has 5 nitrogen and oxygen atoms in total. The highest BCUT2D eigenvalue weighted by Crippen LogP contribution is 2.27. The zero-order valence-corrected chi connectivity index (χ0v) is 22.7. The van der Waals surface area contributed by atoms with Crippen LogP contribution in [0.25, 0.3) is 0 Å². The van der Waals surface area contributed by atoms with E-state index >= 15 is 0 Å². The van der Waals surface area contributed by atoms with Crippen molar-refractivity contribution in [2.45, 2.75) is 71.0 Å². The molecule has 1 N–H and O–H groups in total. The monoisotopic (exact) mass is 568 g/mol. The van der Waals surface area contributed by atoms with Gasteiger partial charge in [-0.15, -0.1) is 0 Å². The largest absolute Gasteiger partial charge is 0.483 e. The number of amides is 2. The molecule has 1 fully saturated rings. The predicted octanol–water partition coefficient (Wildman–Crippen LogP) is 6.56. The van der Waals surface area contributed by atoms with Gasteiger partial charge in [0.25, 0.3) is 5.91 Å². The van der Waals surface area contributed by atoms with Crippen LogP contribution in [0.2, 0.25) is 10.0 Å². The second-order valence-electron chi connectivity index (χ2n) is 8.59. The first kappa shape index (κ1) is 26.8. The number of halogens is 3. The maximum absolute atomic E-state index is 13.4. The lowest BCUT2D eigenvalue weighted by Gasteiger charge is -2.31. The molecule has 0 spiro atoms. The van der Waals surface area contributed by atoms with E-state index in [-0.39, 0.29) is 31.0 Å². The summed E-state index contributed by atoms with van der Waals surface area (Å²) in [4.78, 5) is 28.2. The van der Waals surface area contributed by atoms with Gasteiger partial charge in [0.05, 0.1) is 14.5 Å². The Balaban J connectivity index is 1.79. The highest BCUT2D eigenvalue weighted by Gasteiger charge is 2.31. The maximum Gasteiger partial charge on any atom is 0.261 e. The average molecular weight is 570 g/mol. The SMILES string of the molecule is CCc1ccc(OCC(=O)N(Cc2ccc(Cl)c(Cl)c2)[C@H](CC)C(=O)NC2CCCC2)c(Br)c1. The third-order valence-electron chi connectivity index (χ3n) is 6.18. The number of aryl methyl sites for hydroxylation is 1. The second kappa shape index (κ2) is 12.8. The molecule has 8 heteroatoms. The van der Waals surface area contributed by atoms with E-state index in [0.717, 1.165) is 42.1 Å². The number of nitrogens with zero attached hydrogens (tertiary/aromatic N) is 1. The number of hydrogen-bond donors (Lipinski definition) is 1. The van der Waals surface area contributed by atoms with Gasteiger partial charge in [-0.05, 0) is 77.0 Å². The Morgan fingerprint density at radius 1 is 1.09 bits per heavy atom. The van der Waals surface area contributed by atoms with Gasteiger partial charge in [0.1, 0.15) is 11.8 Å². The molecule has 2 aromatic rings. The molecule has 0 saturated heterocycles. The van der Waals surface area contributed by atoms with Crippen molar-refractivity contribution in [1.29, 1.82) is 0 Å². The molecule has 0 aliphatic heterocycles. The molecule has 1 saturated carbocycles. The predicted molar refractivity (Wildman–Crippen MR) is 141 cm³/mol. The molecule has 2 amide bonds. The minimum atomic E-state index is -0.614. The molecule has 1 atom stereocenters. The van der Waals surface area contributed by atoms with Crippen LogP contribution >= 0.6 is 39.1 Å². The van der Waals surface area contributed by atoms with Gasteiger partial charge in [0, 0.05) is 12.6 Å². The van der Waals surface area contributed by atoms with E-state index in [0.29, 0.717) is 22.2 Å². The molecule has 34 heavy (non-hydrogen) atoms. The highest BCUT2D eigenvalue weighted by molar-refractivity contribution is 9.10. The third-order valence-corrected chi connectivity index (χ3v) is 7.54. The Morgan fingerprint density at radius 3 is 2.41 bits per heavy atom. The van der Waals surface area contributed by atoms with Crippen molar-refractivity contribution < 1.29 is 14.3 Å². The van der Waals surface area contributed by atoms with Crippen molar-refractivity contribution in [3.8, 4) is 5.75 Å². The van der Waals surface area contributed by atoms with Crippen LogP contribution in [-0.4, -0.2) is 35.4 Å². The minimum absolute atomic E-state index is 0.128. The lowest BCUT2D eigenvalue weighted by atomic mass is 10.1. The van der Waals surface area contributed by atoms with Crippen molar-refractivity contribution in [2.24, 2.45) is 0 Å². The zero-order chi connectivity index (χ0) is 24.7. The summed E-state index contributed by atoms with van der Waals surface area (Å²) in [5.41, 5.74) is 1.96. The number of rotatable bonds is 10. The van der Waals surface area contributed by atoms with Gasteiger partial charge in [-0.3, -0.25) is 9.59 Å². The molecule has 184 valence electrons. The van der Waals surface area contributed by atoms with Crippen LogP contribution in [-0.2, 0) is 22.6 Å². The minimum Gasteiger partial charge on any atom is -0.483 e. The van der Waals surface area contributed by atoms with Crippen LogP contribution in [0.5, 0.6) is 5.75 Å². The summed E-state index contributed by atoms with van der Waals surface area (Å²) in [6, 6.07) is 10.6. The standard InChI is InChI=1S/C26H31BrCl2N2O3/c1-3-17-10-12-24(20(27)13-17)34-16-25(32)31(15-18-9-11-21(28)22(29)14-18)23(4-2)26(33)30-19-7-5-6-8-19/h9-14,19,23H,3-8,15-16H2,1-2H3,(H,30,33)/t23-/m1/s1. The van der Waals surface area contributed by atoms with Crippen molar-refractivity contribution >= 4 is 50.9 Å². The molecule has 0 bridgehead atoms. The van der Waals surface area contributed by atoms with Crippen LogP contribution in [0.1, 0.15) is 57.1 Å². The normalized spacial score (nSPS) is 14.6. The molecule has 3 rings (SSSR count). The molecule has 0 unspecified atom stereocenters. The quantitative estimate of drug-likeness (QED) is 0.352. The number of nitrogens with one attached hydrogen (secondary N) is 1. The molecule has 2 aromatic carbocycles. The van der Waals surface area contributed by atoms with E-state index in [1.807, 2.05) is 31.2 Å². The number of benzene rings is 2. The number of hydrogen-bond acceptors (Lipinski definition) is 3. The van der Waals surface area contributed by atoms with E-state index in [9.17, 15) is 9.59 Å². The first-order valence-corrected chi connectivity index (χ1v) is 13.3. The Bertz CT molecular complexity index is 1010. The fraction of sp³-hybridized carbons (Fsp3) is 0.462. The average Bonchev–Trinajstić information content (AvgIpc) is 3.33.